The van der Waals surface area contributed by atoms with E-state index in [1.54, 1.807) is 23.6 Å². The molecule has 0 radical (unpaired) electrons. The number of likely N-dealkylation sites (N-methyl/N-ethyl adjacent to an activating group) is 1. The number of halogens is 2. The molecule has 4 rings (SSSR count). The van der Waals surface area contributed by atoms with Gasteiger partial charge < -0.3 is 14.5 Å². The van der Waals surface area contributed by atoms with Crippen LogP contribution in [0.15, 0.2) is 56.3 Å². The van der Waals surface area contributed by atoms with Crippen LogP contribution >= 0.6 is 31.9 Å². The van der Waals surface area contributed by atoms with Crippen LogP contribution in [0, 0.1) is 0 Å². The van der Waals surface area contributed by atoms with Crippen LogP contribution in [0.4, 0.5) is 5.69 Å². The summed E-state index contributed by atoms with van der Waals surface area (Å²) in [6.45, 7) is 8.15. The number of nitrogens with zero attached hydrogens (tertiary/aromatic N) is 5. The number of piperazine rings is 1. The predicted molar refractivity (Wildman–Crippen MR) is 143 cm³/mol. The van der Waals surface area contributed by atoms with Gasteiger partial charge in [-0.05, 0) is 83.1 Å². The predicted octanol–water partition coefficient (Wildman–Crippen LogP) is 4.41. The second kappa shape index (κ2) is 11.0. The molecule has 0 bridgehead atoms. The van der Waals surface area contributed by atoms with E-state index in [1.807, 2.05) is 25.1 Å². The molecule has 1 aliphatic rings. The summed E-state index contributed by atoms with van der Waals surface area (Å²) in [5.41, 5.74) is 1.10. The summed E-state index contributed by atoms with van der Waals surface area (Å²) in [4.78, 5) is 4.80. The minimum Gasteiger partial charge on any atom is -0.424 e. The summed E-state index contributed by atoms with van der Waals surface area (Å²) in [6.07, 6.45) is 0. The summed E-state index contributed by atoms with van der Waals surface area (Å²) in [5, 5.41) is 8.45. The van der Waals surface area contributed by atoms with Crippen molar-refractivity contribution in [3.63, 3.8) is 0 Å². The van der Waals surface area contributed by atoms with E-state index < -0.39 is 16.1 Å². The fraction of sp³-hybridized carbons (Fsp3) is 0.391. The Hall–Kier alpha value is -1.99. The number of hydrogen-bond donors (Lipinski definition) is 1. The minimum atomic E-state index is -3.78. The smallest absolute Gasteiger partial charge is 0.322 e. The highest BCUT2D eigenvalue weighted by Crippen LogP contribution is 2.29. The summed E-state index contributed by atoms with van der Waals surface area (Å²) < 4.78 is 37.9. The number of sulfonamides is 1. The Balaban J connectivity index is 1.51. The lowest BCUT2D eigenvalue weighted by Crippen LogP contribution is -2.44. The lowest BCUT2D eigenvalue weighted by atomic mass is 10.2. The molecule has 0 amide bonds. The van der Waals surface area contributed by atoms with Crippen LogP contribution in [-0.4, -0.2) is 61.3 Å². The van der Waals surface area contributed by atoms with Crippen molar-refractivity contribution in [2.24, 2.45) is 0 Å². The van der Waals surface area contributed by atoms with Crippen LogP contribution in [0.1, 0.15) is 25.7 Å². The molecule has 3 aromatic rings. The molecule has 1 aliphatic heterocycles. The molecular formula is C23H28Br2N6O3S. The van der Waals surface area contributed by atoms with Gasteiger partial charge in [-0.25, -0.2) is 13.1 Å². The molecule has 35 heavy (non-hydrogen) atoms. The van der Waals surface area contributed by atoms with Gasteiger partial charge in [-0.15, -0.1) is 5.10 Å². The largest absolute Gasteiger partial charge is 0.424 e. The number of hydrogen-bond acceptors (Lipinski definition) is 7. The summed E-state index contributed by atoms with van der Waals surface area (Å²) >= 11 is 6.71. The molecule has 0 saturated carbocycles. The third-order valence-electron chi connectivity index (χ3n) is 5.88. The average molecular weight is 628 g/mol. The highest BCUT2D eigenvalue weighted by Gasteiger charge is 2.25. The summed E-state index contributed by atoms with van der Waals surface area (Å²) in [6, 6.07) is 12.4. The fourth-order valence-corrected chi connectivity index (χ4v) is 5.91. The Morgan fingerprint density at radius 2 is 1.80 bits per heavy atom. The van der Waals surface area contributed by atoms with Crippen LogP contribution in [0.3, 0.4) is 0 Å². The zero-order chi connectivity index (χ0) is 25.2. The minimum absolute atomic E-state index is 0.152. The Morgan fingerprint density at radius 1 is 1.06 bits per heavy atom. The van der Waals surface area contributed by atoms with Crippen LogP contribution in [0.5, 0.6) is 11.8 Å². The average Bonchev–Trinajstić information content (AvgIpc) is 3.23. The Morgan fingerprint density at radius 3 is 2.49 bits per heavy atom. The maximum Gasteiger partial charge on any atom is 0.322 e. The van der Waals surface area contributed by atoms with Crippen molar-refractivity contribution in [3.05, 3.63) is 57.2 Å². The number of benzene rings is 2. The molecule has 1 saturated heterocycles. The van der Waals surface area contributed by atoms with Gasteiger partial charge in [0.1, 0.15) is 5.75 Å². The van der Waals surface area contributed by atoms with Crippen LogP contribution in [0.2, 0.25) is 0 Å². The summed E-state index contributed by atoms with van der Waals surface area (Å²) in [5.74, 6) is 1.13. The molecule has 1 atom stereocenters. The van der Waals surface area contributed by atoms with Gasteiger partial charge >= 0.3 is 6.01 Å². The van der Waals surface area contributed by atoms with Gasteiger partial charge in [-0.2, -0.15) is 0 Å². The maximum absolute atomic E-state index is 12.9. The van der Waals surface area contributed by atoms with E-state index in [0.29, 0.717) is 28.6 Å². The zero-order valence-electron chi connectivity index (χ0n) is 19.8. The Labute approximate surface area is 222 Å². The van der Waals surface area contributed by atoms with Gasteiger partial charge in [0.05, 0.1) is 10.9 Å². The van der Waals surface area contributed by atoms with Gasteiger partial charge in [0.2, 0.25) is 10.0 Å². The van der Waals surface area contributed by atoms with Gasteiger partial charge in [-0.1, -0.05) is 11.2 Å². The number of anilines is 1. The molecule has 0 unspecified atom stereocenters. The molecule has 188 valence electrons. The van der Waals surface area contributed by atoms with E-state index in [0.717, 1.165) is 36.3 Å². The lowest BCUT2D eigenvalue weighted by molar-refractivity contribution is 0.312. The first kappa shape index (κ1) is 26.1. The SMILES string of the molecule is CCn1c(Oc2cccc(N3CCN(C)CC3)c2)nnc1[C@@H](C)NS(=O)(=O)c1ccc(Br)c(Br)c1. The van der Waals surface area contributed by atoms with Crippen LogP contribution < -0.4 is 14.4 Å². The van der Waals surface area contributed by atoms with Crippen molar-refractivity contribution in [3.8, 4) is 11.8 Å². The topological polar surface area (TPSA) is 92.6 Å². The molecule has 2 aromatic carbocycles. The van der Waals surface area contributed by atoms with Crippen molar-refractivity contribution in [1.82, 2.24) is 24.4 Å². The molecule has 1 aromatic heterocycles. The van der Waals surface area contributed by atoms with E-state index in [9.17, 15) is 8.42 Å². The molecule has 1 N–H and O–H groups in total. The van der Waals surface area contributed by atoms with Gasteiger partial charge in [-0.3, -0.25) is 4.57 Å². The van der Waals surface area contributed by atoms with E-state index >= 15 is 0 Å². The number of rotatable bonds is 8. The second-order valence-corrected chi connectivity index (χ2v) is 11.8. The van der Waals surface area contributed by atoms with Crippen molar-refractivity contribution in [2.75, 3.05) is 38.1 Å². The Kier molecular flexibility index (Phi) is 8.16. The second-order valence-electron chi connectivity index (χ2n) is 8.39. The third kappa shape index (κ3) is 6.05. The van der Waals surface area contributed by atoms with Crippen molar-refractivity contribution >= 4 is 47.6 Å². The van der Waals surface area contributed by atoms with E-state index in [-0.39, 0.29) is 4.90 Å². The molecule has 1 fully saturated rings. The van der Waals surface area contributed by atoms with Gasteiger partial charge in [0.15, 0.2) is 5.82 Å². The standard InChI is InChI=1S/C23H28Br2N6O3S/c1-4-31-22(16(2)28-35(32,33)19-8-9-20(24)21(25)15-19)26-27-23(31)34-18-7-5-6-17(14-18)30-12-10-29(3)11-13-30/h5-9,14-16,28H,4,10-13H2,1-3H3/t16-/m1/s1. The third-order valence-corrected chi connectivity index (χ3v) is 9.30. The van der Waals surface area contributed by atoms with Crippen molar-refractivity contribution in [2.45, 2.75) is 31.3 Å². The van der Waals surface area contributed by atoms with Crippen molar-refractivity contribution < 1.29 is 13.2 Å². The highest BCUT2D eigenvalue weighted by atomic mass is 79.9. The molecule has 12 heteroatoms. The van der Waals surface area contributed by atoms with Crippen LogP contribution in [-0.2, 0) is 16.6 Å². The normalized spacial score (nSPS) is 15.9. The highest BCUT2D eigenvalue weighted by molar-refractivity contribution is 9.13. The molecule has 9 nitrogen and oxygen atoms in total. The lowest BCUT2D eigenvalue weighted by Gasteiger charge is -2.34. The van der Waals surface area contributed by atoms with Gasteiger partial charge in [0.25, 0.3) is 0 Å². The molecular weight excluding hydrogens is 600 g/mol. The fourth-order valence-electron chi connectivity index (χ4n) is 3.90. The number of ether oxygens (including phenoxy) is 1. The van der Waals surface area contributed by atoms with Crippen molar-refractivity contribution in [1.29, 1.82) is 0 Å². The van der Waals surface area contributed by atoms with Crippen LogP contribution in [0.25, 0.3) is 0 Å². The monoisotopic (exact) mass is 626 g/mol. The molecule has 0 spiro atoms. The van der Waals surface area contributed by atoms with E-state index in [2.05, 4.69) is 69.7 Å². The first-order valence-corrected chi connectivity index (χ1v) is 14.4. The molecule has 0 aliphatic carbocycles. The zero-order valence-corrected chi connectivity index (χ0v) is 23.8. The van der Waals surface area contributed by atoms with E-state index in [1.165, 1.54) is 6.07 Å². The molecule has 2 heterocycles. The maximum atomic E-state index is 12.9. The quantitative estimate of drug-likeness (QED) is 0.396. The Bertz CT molecular complexity index is 1290. The summed E-state index contributed by atoms with van der Waals surface area (Å²) in [7, 11) is -1.65. The number of nitrogens with one attached hydrogen (secondary N) is 1. The first-order chi connectivity index (χ1) is 16.7. The number of aromatic nitrogens is 3. The first-order valence-electron chi connectivity index (χ1n) is 11.3. The van der Waals surface area contributed by atoms with E-state index in [4.69, 9.17) is 4.74 Å². The van der Waals surface area contributed by atoms with Gasteiger partial charge in [0, 0.05) is 53.4 Å².